The number of nitrogens with zero attached hydrogens (tertiary/aromatic N) is 2. The summed E-state index contributed by atoms with van der Waals surface area (Å²) in [7, 11) is 0. The molecular formula is C22H16FN3. The van der Waals surface area contributed by atoms with E-state index in [0.717, 1.165) is 11.3 Å². The zero-order valence-electron chi connectivity index (χ0n) is 13.9. The van der Waals surface area contributed by atoms with E-state index in [1.165, 1.54) is 6.07 Å². The lowest BCUT2D eigenvalue weighted by Crippen LogP contribution is -2.00. The second-order valence-electron chi connectivity index (χ2n) is 5.80. The minimum Gasteiger partial charge on any atom is -0.340 e. The first kappa shape index (κ1) is 16.0. The average molecular weight is 341 g/mol. The van der Waals surface area contributed by atoms with Gasteiger partial charge in [-0.1, -0.05) is 60.7 Å². The molecule has 4 aromatic rings. The molecule has 3 nitrogen and oxygen atoms in total. The van der Waals surface area contributed by atoms with Crippen molar-refractivity contribution in [3.63, 3.8) is 0 Å². The summed E-state index contributed by atoms with van der Waals surface area (Å²) in [5.41, 5.74) is 2.77. The molecule has 0 unspecified atom stereocenters. The number of nitrogens with one attached hydrogen (secondary N) is 1. The monoisotopic (exact) mass is 341 g/mol. The highest BCUT2D eigenvalue weighted by molar-refractivity contribution is 5.70. The van der Waals surface area contributed by atoms with Crippen molar-refractivity contribution in [3.8, 4) is 22.6 Å². The Morgan fingerprint density at radius 2 is 1.35 bits per heavy atom. The lowest BCUT2D eigenvalue weighted by atomic mass is 10.1. The molecule has 0 atom stereocenters. The van der Waals surface area contributed by atoms with Gasteiger partial charge in [0.05, 0.1) is 5.69 Å². The molecule has 0 aliphatic rings. The predicted molar refractivity (Wildman–Crippen MR) is 103 cm³/mol. The summed E-state index contributed by atoms with van der Waals surface area (Å²) in [5, 5.41) is 3.27. The highest BCUT2D eigenvalue weighted by atomic mass is 19.1. The predicted octanol–water partition coefficient (Wildman–Crippen LogP) is 5.69. The van der Waals surface area contributed by atoms with Gasteiger partial charge in [-0.15, -0.1) is 0 Å². The summed E-state index contributed by atoms with van der Waals surface area (Å²) in [5.74, 6) is 0.851. The van der Waals surface area contributed by atoms with Gasteiger partial charge in [-0.3, -0.25) is 0 Å². The normalized spacial score (nSPS) is 10.5. The van der Waals surface area contributed by atoms with Crippen molar-refractivity contribution in [1.29, 1.82) is 0 Å². The standard InChI is InChI=1S/C22H16FN3/c23-19-14-8-7-13-18(19)20-15-21(24-17-11-5-2-6-12-17)26-22(25-20)16-9-3-1-4-10-16/h1-15H,(H,24,25,26). The van der Waals surface area contributed by atoms with Crippen LogP contribution in [0, 0.1) is 5.82 Å². The van der Waals surface area contributed by atoms with Crippen molar-refractivity contribution in [2.24, 2.45) is 0 Å². The number of halogens is 1. The largest absolute Gasteiger partial charge is 0.340 e. The first-order valence-electron chi connectivity index (χ1n) is 8.31. The number of rotatable bonds is 4. The van der Waals surface area contributed by atoms with Crippen LogP contribution >= 0.6 is 0 Å². The molecule has 0 saturated heterocycles. The van der Waals surface area contributed by atoms with Gasteiger partial charge >= 0.3 is 0 Å². The molecule has 0 aliphatic carbocycles. The van der Waals surface area contributed by atoms with E-state index in [1.54, 1.807) is 24.3 Å². The molecule has 0 aliphatic heterocycles. The fourth-order valence-corrected chi connectivity index (χ4v) is 2.70. The quantitative estimate of drug-likeness (QED) is 0.518. The molecule has 0 radical (unpaired) electrons. The van der Waals surface area contributed by atoms with E-state index in [-0.39, 0.29) is 5.82 Å². The van der Waals surface area contributed by atoms with Crippen LogP contribution in [0.1, 0.15) is 0 Å². The van der Waals surface area contributed by atoms with Crippen LogP contribution in [0.15, 0.2) is 91.0 Å². The van der Waals surface area contributed by atoms with Gasteiger partial charge in [0, 0.05) is 22.9 Å². The van der Waals surface area contributed by atoms with Crippen LogP contribution in [0.3, 0.4) is 0 Å². The number of benzene rings is 3. The topological polar surface area (TPSA) is 37.8 Å². The van der Waals surface area contributed by atoms with E-state index < -0.39 is 0 Å². The lowest BCUT2D eigenvalue weighted by Gasteiger charge is -2.11. The maximum atomic E-state index is 14.3. The van der Waals surface area contributed by atoms with Crippen LogP contribution in [0.5, 0.6) is 0 Å². The van der Waals surface area contributed by atoms with E-state index in [1.807, 2.05) is 60.7 Å². The number of anilines is 2. The Morgan fingerprint density at radius 3 is 2.08 bits per heavy atom. The highest BCUT2D eigenvalue weighted by Crippen LogP contribution is 2.27. The van der Waals surface area contributed by atoms with Crippen LogP contribution in [0.4, 0.5) is 15.9 Å². The Labute approximate surface area is 151 Å². The van der Waals surface area contributed by atoms with Crippen molar-refractivity contribution in [3.05, 3.63) is 96.8 Å². The van der Waals surface area contributed by atoms with E-state index in [4.69, 9.17) is 0 Å². The minimum absolute atomic E-state index is 0.309. The van der Waals surface area contributed by atoms with Crippen LogP contribution in [0.2, 0.25) is 0 Å². The van der Waals surface area contributed by atoms with Crippen molar-refractivity contribution in [2.75, 3.05) is 5.32 Å². The van der Waals surface area contributed by atoms with Gasteiger partial charge < -0.3 is 5.32 Å². The molecule has 1 N–H and O–H groups in total. The summed E-state index contributed by atoms with van der Waals surface area (Å²) >= 11 is 0. The van der Waals surface area contributed by atoms with E-state index in [2.05, 4.69) is 15.3 Å². The van der Waals surface area contributed by atoms with Crippen LogP contribution in [-0.2, 0) is 0 Å². The molecule has 1 heterocycles. The van der Waals surface area contributed by atoms with Crippen molar-refractivity contribution >= 4 is 11.5 Å². The van der Waals surface area contributed by atoms with Gasteiger partial charge in [0.15, 0.2) is 5.82 Å². The molecule has 4 heteroatoms. The minimum atomic E-state index is -0.309. The third-order valence-corrected chi connectivity index (χ3v) is 3.95. The molecule has 0 saturated carbocycles. The summed E-state index contributed by atoms with van der Waals surface area (Å²) in [6, 6.07) is 27.8. The summed E-state index contributed by atoms with van der Waals surface area (Å²) < 4.78 is 14.3. The van der Waals surface area contributed by atoms with E-state index in [0.29, 0.717) is 22.9 Å². The second kappa shape index (κ2) is 7.15. The molecule has 126 valence electrons. The number of para-hydroxylation sites is 1. The maximum Gasteiger partial charge on any atom is 0.162 e. The van der Waals surface area contributed by atoms with Gasteiger partial charge in [0.1, 0.15) is 11.6 Å². The Hall–Kier alpha value is -3.53. The van der Waals surface area contributed by atoms with Crippen LogP contribution in [-0.4, -0.2) is 9.97 Å². The number of aromatic nitrogens is 2. The summed E-state index contributed by atoms with van der Waals surface area (Å²) in [4.78, 5) is 9.19. The molecule has 1 aromatic heterocycles. The van der Waals surface area contributed by atoms with Gasteiger partial charge in [-0.2, -0.15) is 0 Å². The Balaban J connectivity index is 1.83. The summed E-state index contributed by atoms with van der Waals surface area (Å²) in [6.45, 7) is 0. The smallest absolute Gasteiger partial charge is 0.162 e. The average Bonchev–Trinajstić information content (AvgIpc) is 2.69. The van der Waals surface area contributed by atoms with Gasteiger partial charge in [0.25, 0.3) is 0 Å². The third kappa shape index (κ3) is 3.44. The third-order valence-electron chi connectivity index (χ3n) is 3.95. The maximum absolute atomic E-state index is 14.3. The number of hydrogen-bond donors (Lipinski definition) is 1. The fraction of sp³-hybridized carbons (Fsp3) is 0. The van der Waals surface area contributed by atoms with Crippen molar-refractivity contribution in [2.45, 2.75) is 0 Å². The van der Waals surface area contributed by atoms with E-state index in [9.17, 15) is 4.39 Å². The Bertz CT molecular complexity index is 1020. The Morgan fingerprint density at radius 1 is 0.692 bits per heavy atom. The lowest BCUT2D eigenvalue weighted by molar-refractivity contribution is 0.630. The molecular weight excluding hydrogens is 325 g/mol. The van der Waals surface area contributed by atoms with Gasteiger partial charge in [-0.05, 0) is 24.3 Å². The molecule has 0 spiro atoms. The van der Waals surface area contributed by atoms with Gasteiger partial charge in [-0.25, -0.2) is 14.4 Å². The molecule has 4 rings (SSSR count). The fourth-order valence-electron chi connectivity index (χ4n) is 2.70. The first-order chi connectivity index (χ1) is 12.8. The molecule has 26 heavy (non-hydrogen) atoms. The van der Waals surface area contributed by atoms with Crippen LogP contribution < -0.4 is 5.32 Å². The van der Waals surface area contributed by atoms with Gasteiger partial charge in [0.2, 0.25) is 0 Å². The van der Waals surface area contributed by atoms with Crippen molar-refractivity contribution < 1.29 is 4.39 Å². The first-order valence-corrected chi connectivity index (χ1v) is 8.31. The SMILES string of the molecule is Fc1ccccc1-c1cc(Nc2ccccc2)nc(-c2ccccc2)n1. The van der Waals surface area contributed by atoms with Crippen molar-refractivity contribution in [1.82, 2.24) is 9.97 Å². The number of hydrogen-bond acceptors (Lipinski definition) is 3. The summed E-state index contributed by atoms with van der Waals surface area (Å²) in [6.07, 6.45) is 0. The highest BCUT2D eigenvalue weighted by Gasteiger charge is 2.11. The molecule has 0 fully saturated rings. The Kier molecular flexibility index (Phi) is 4.39. The zero-order valence-corrected chi connectivity index (χ0v) is 13.9. The zero-order chi connectivity index (χ0) is 17.8. The molecule has 0 amide bonds. The van der Waals surface area contributed by atoms with E-state index >= 15 is 0 Å². The second-order valence-corrected chi connectivity index (χ2v) is 5.80. The molecule has 0 bridgehead atoms. The molecule has 3 aromatic carbocycles. The van der Waals surface area contributed by atoms with Crippen LogP contribution in [0.25, 0.3) is 22.6 Å².